The van der Waals surface area contributed by atoms with Crippen LogP contribution < -0.4 is 4.48 Å². The molecule has 5 aromatic carbocycles. The lowest BCUT2D eigenvalue weighted by Gasteiger charge is -2.33. The van der Waals surface area contributed by atoms with Gasteiger partial charge in [-0.1, -0.05) is 90.2 Å². The Morgan fingerprint density at radius 1 is 0.643 bits per heavy atom. The van der Waals surface area contributed by atoms with Gasteiger partial charge in [-0.15, -0.1) is 35.0 Å². The summed E-state index contributed by atoms with van der Waals surface area (Å²) in [6.45, 7) is 0. The summed E-state index contributed by atoms with van der Waals surface area (Å²) in [5, 5.41) is 3.85. The molecule has 42 heavy (non-hydrogen) atoms. The van der Waals surface area contributed by atoms with Gasteiger partial charge in [0.1, 0.15) is 0 Å². The van der Waals surface area contributed by atoms with Crippen molar-refractivity contribution in [3.63, 3.8) is 0 Å². The Bertz CT molecular complexity index is 2160. The average molecular weight is 597 g/mol. The Labute approximate surface area is 258 Å². The van der Waals surface area contributed by atoms with Gasteiger partial charge in [-0.3, -0.25) is 0 Å². The van der Waals surface area contributed by atoms with E-state index in [9.17, 15) is 0 Å². The van der Waals surface area contributed by atoms with Gasteiger partial charge >= 0.3 is 6.42 Å². The minimum absolute atomic E-state index is 0.194. The lowest BCUT2D eigenvalue weighted by Crippen LogP contribution is -2.70. The van der Waals surface area contributed by atoms with Crippen LogP contribution in [0.3, 0.4) is 0 Å². The molecule has 0 saturated carbocycles. The molecule has 2 nitrogen and oxygen atoms in total. The van der Waals surface area contributed by atoms with Gasteiger partial charge in [0.05, 0.1) is 15.6 Å². The number of aromatic nitrogens is 2. The first-order valence-electron chi connectivity index (χ1n) is 13.7. The van der Waals surface area contributed by atoms with Crippen molar-refractivity contribution in [2.24, 2.45) is 0 Å². The summed E-state index contributed by atoms with van der Waals surface area (Å²) in [4.78, 5) is 0. The Hall–Kier alpha value is -4.45. The van der Waals surface area contributed by atoms with E-state index in [0.717, 1.165) is 22.2 Å². The second kappa shape index (κ2) is 11.1. The van der Waals surface area contributed by atoms with E-state index in [1.807, 2.05) is 47.7 Å². The Morgan fingerprint density at radius 2 is 1.21 bits per heavy atom. The van der Waals surface area contributed by atoms with E-state index in [1.54, 1.807) is 0 Å². The number of hydrogen-bond acceptors (Lipinski definition) is 1. The van der Waals surface area contributed by atoms with Gasteiger partial charge < -0.3 is 8.96 Å². The van der Waals surface area contributed by atoms with Gasteiger partial charge in [0.15, 0.2) is 5.52 Å². The smallest absolute Gasteiger partial charge is 0.431 e. The fourth-order valence-electron chi connectivity index (χ4n) is 5.99. The number of hydrogen-bond donors (Lipinski definition) is 0. The molecule has 0 aliphatic carbocycles. The van der Waals surface area contributed by atoms with Gasteiger partial charge in [-0.2, -0.15) is 11.6 Å². The Morgan fingerprint density at radius 3 is 1.90 bits per heavy atom. The third-order valence-electron chi connectivity index (χ3n) is 7.64. The lowest BCUT2D eigenvalue weighted by atomic mass is 9.46. The summed E-state index contributed by atoms with van der Waals surface area (Å²) < 4.78 is 6.10. The molecule has 0 amide bonds. The molecule has 8 rings (SSSR count). The first-order chi connectivity index (χ1) is 20.7. The molecule has 0 fully saturated rings. The fourth-order valence-corrected chi connectivity index (χ4v) is 7.24. The number of para-hydroxylation sites is 3. The number of rotatable bonds is 0. The second-order valence-corrected chi connectivity index (χ2v) is 11.8. The molecule has 6 heteroatoms. The maximum absolute atomic E-state index is 4.76. The number of benzene rings is 5. The van der Waals surface area contributed by atoms with Crippen molar-refractivity contribution in [3.8, 4) is 34.1 Å². The van der Waals surface area contributed by atoms with E-state index in [-0.39, 0.29) is 5.34 Å². The van der Waals surface area contributed by atoms with Crippen LogP contribution in [0.4, 0.5) is 0 Å². The fraction of sp³-hybridized carbons (Fsp3) is 0.0278. The van der Waals surface area contributed by atoms with E-state index in [2.05, 4.69) is 123 Å². The normalized spacial score (nSPS) is 12.4. The third kappa shape index (κ3) is 4.28. The van der Waals surface area contributed by atoms with E-state index >= 15 is 0 Å². The maximum atomic E-state index is 4.76. The summed E-state index contributed by atoms with van der Waals surface area (Å²) in [6, 6.07) is 44.4. The zero-order valence-electron chi connectivity index (χ0n) is 22.5. The summed E-state index contributed by atoms with van der Waals surface area (Å²) in [6.07, 6.45) is -1.94. The number of fused-ring (bicyclic) bond motifs is 7. The molecule has 0 atom stereocenters. The molecule has 1 aliphatic heterocycles. The van der Waals surface area contributed by atoms with Crippen LogP contribution in [-0.2, 0) is 0 Å². The van der Waals surface area contributed by atoms with Crippen molar-refractivity contribution in [3.05, 3.63) is 139 Å². The highest BCUT2D eigenvalue weighted by Gasteiger charge is 2.47. The van der Waals surface area contributed by atoms with Crippen molar-refractivity contribution in [1.29, 1.82) is 0 Å². The van der Waals surface area contributed by atoms with Crippen LogP contribution in [0.25, 0.3) is 42.6 Å². The highest BCUT2D eigenvalue weighted by Crippen LogP contribution is 2.42. The number of thiazole rings is 1. The van der Waals surface area contributed by atoms with Crippen LogP contribution in [0.1, 0.15) is 11.1 Å². The summed E-state index contributed by atoms with van der Waals surface area (Å²) in [5.41, 5.74) is 6.70. The molecular weight excluding hydrogens is 574 g/mol. The molecule has 1 aliphatic rings. The van der Waals surface area contributed by atoms with Crippen LogP contribution >= 0.6 is 34.5 Å². The zero-order valence-corrected chi connectivity index (χ0v) is 24.8. The van der Waals surface area contributed by atoms with Crippen molar-refractivity contribution >= 4 is 73.0 Å². The lowest BCUT2D eigenvalue weighted by molar-refractivity contribution is -0.497. The van der Waals surface area contributed by atoms with E-state index in [1.165, 1.54) is 31.6 Å². The molecule has 3 heterocycles. The molecular formula is C36H23BCl2N2S. The van der Waals surface area contributed by atoms with E-state index in [4.69, 9.17) is 23.2 Å². The monoisotopic (exact) mass is 596 g/mol. The Balaban J connectivity index is 0.000000923. The van der Waals surface area contributed by atoms with Gasteiger partial charge in [-0.05, 0) is 42.5 Å². The van der Waals surface area contributed by atoms with Crippen LogP contribution in [0.15, 0.2) is 127 Å². The van der Waals surface area contributed by atoms with Gasteiger partial charge in [0.25, 0.3) is 0 Å². The van der Waals surface area contributed by atoms with Crippen molar-refractivity contribution in [1.82, 2.24) is 4.48 Å². The number of halogens is 2. The summed E-state index contributed by atoms with van der Waals surface area (Å²) in [5.74, 6) is 14.7. The van der Waals surface area contributed by atoms with Crippen molar-refractivity contribution in [2.45, 2.75) is 0 Å². The summed E-state index contributed by atoms with van der Waals surface area (Å²) in [7, 11) is 0. The van der Waals surface area contributed by atoms with Crippen LogP contribution in [0.5, 0.6) is 0 Å². The molecule has 0 saturated heterocycles. The highest BCUT2D eigenvalue weighted by molar-refractivity contribution is 7.21. The molecule has 0 radical (unpaired) electrons. The number of nitrogens with zero attached hydrogens (tertiary/aromatic N) is 2. The van der Waals surface area contributed by atoms with Crippen LogP contribution in [0.2, 0.25) is 0 Å². The molecule has 0 spiro atoms. The Kier molecular flexibility index (Phi) is 6.98. The van der Waals surface area contributed by atoms with Crippen molar-refractivity contribution < 1.29 is 4.48 Å². The zero-order chi connectivity index (χ0) is 28.5. The van der Waals surface area contributed by atoms with Gasteiger partial charge in [0.2, 0.25) is 5.01 Å². The molecule has 0 bridgehead atoms. The van der Waals surface area contributed by atoms with E-state index in [0.29, 0.717) is 0 Å². The SMILES string of the molecule is C(#C[B-]1(C#Cc2ccccc2)n2c3ccccc3c3cccc(c32)-c2sc3ccccc3[n+]21)c1ccccc1.ClCCl. The first kappa shape index (κ1) is 26.5. The first-order valence-corrected chi connectivity index (χ1v) is 15.5. The molecule has 2 aromatic heterocycles. The number of alkyl halides is 2. The standard InChI is InChI=1S/C35H21BN2S.CH2Cl2/c1-3-12-26(13-4-1)22-24-36(25-23-27-14-5-2-6-15-27)37-31-19-8-7-16-28(31)29-17-11-18-30(34(29)37)35-38(36)32-20-9-10-21-33(32)39-35;2-1-3/h1-21H;1H2. The molecule has 7 aromatic rings. The average Bonchev–Trinajstić information content (AvgIpc) is 3.61. The third-order valence-corrected chi connectivity index (χ3v) is 8.82. The van der Waals surface area contributed by atoms with Crippen molar-refractivity contribution in [2.75, 3.05) is 5.34 Å². The topological polar surface area (TPSA) is 8.81 Å². The molecule has 200 valence electrons. The molecule has 0 N–H and O–H groups in total. The van der Waals surface area contributed by atoms with Gasteiger partial charge in [0, 0.05) is 39.0 Å². The predicted molar refractivity (Wildman–Crippen MR) is 180 cm³/mol. The predicted octanol–water partition coefficient (Wildman–Crippen LogP) is 8.72. The van der Waals surface area contributed by atoms with Crippen LogP contribution in [-0.4, -0.2) is 16.2 Å². The highest BCUT2D eigenvalue weighted by atomic mass is 35.5. The largest absolute Gasteiger partial charge is 0.522 e. The minimum atomic E-state index is -1.94. The quantitative estimate of drug-likeness (QED) is 0.0940. The van der Waals surface area contributed by atoms with Crippen LogP contribution in [0, 0.1) is 23.5 Å². The maximum Gasteiger partial charge on any atom is 0.522 e. The molecule has 0 unspecified atom stereocenters. The summed E-state index contributed by atoms with van der Waals surface area (Å²) >= 11 is 11.3. The second-order valence-electron chi connectivity index (χ2n) is 9.98. The van der Waals surface area contributed by atoms with Gasteiger partial charge in [-0.25, -0.2) is 0 Å². The minimum Gasteiger partial charge on any atom is -0.431 e. The van der Waals surface area contributed by atoms with E-state index < -0.39 is 6.42 Å².